The summed E-state index contributed by atoms with van der Waals surface area (Å²) in [5.41, 5.74) is 1.49. The highest BCUT2D eigenvalue weighted by Gasteiger charge is 2.50. The van der Waals surface area contributed by atoms with Crippen molar-refractivity contribution in [2.75, 3.05) is 11.9 Å². The largest absolute Gasteiger partial charge is 0.325 e. The van der Waals surface area contributed by atoms with Gasteiger partial charge in [-0.1, -0.05) is 42.5 Å². The molecule has 0 radical (unpaired) electrons. The number of hydrogen-bond donors (Lipinski definition) is 2. The summed E-state index contributed by atoms with van der Waals surface area (Å²) in [7, 11) is 1.78. The molecule has 1 unspecified atom stereocenters. The molecule has 1 atom stereocenters. The third-order valence-electron chi connectivity index (χ3n) is 5.68. The summed E-state index contributed by atoms with van der Waals surface area (Å²) >= 11 is 0. The van der Waals surface area contributed by atoms with Gasteiger partial charge in [-0.2, -0.15) is 5.10 Å². The van der Waals surface area contributed by atoms with Crippen LogP contribution >= 0.6 is 0 Å². The molecular formula is C22H23N5O3. The predicted octanol–water partition coefficient (Wildman–Crippen LogP) is 2.60. The van der Waals surface area contributed by atoms with Gasteiger partial charge in [-0.05, 0) is 37.1 Å². The third kappa shape index (κ3) is 3.01. The number of carbonyl (C=O) groups excluding carboxylic acids is 3. The lowest BCUT2D eigenvalue weighted by molar-refractivity contribution is -0.133. The number of carbonyl (C=O) groups is 3. The second kappa shape index (κ2) is 6.98. The van der Waals surface area contributed by atoms with Crippen LogP contribution in [0, 0.1) is 13.8 Å². The lowest BCUT2D eigenvalue weighted by Crippen LogP contribution is -2.42. The Balaban J connectivity index is 1.60. The van der Waals surface area contributed by atoms with Crippen molar-refractivity contribution in [1.29, 1.82) is 0 Å². The molecule has 30 heavy (non-hydrogen) atoms. The monoisotopic (exact) mass is 405 g/mol. The predicted molar refractivity (Wildman–Crippen MR) is 113 cm³/mol. The Labute approximate surface area is 173 Å². The summed E-state index contributed by atoms with van der Waals surface area (Å²) < 4.78 is 1.66. The number of urea groups is 1. The number of aromatic nitrogens is 2. The van der Waals surface area contributed by atoms with Crippen molar-refractivity contribution in [1.82, 2.24) is 20.0 Å². The Morgan fingerprint density at radius 1 is 1.13 bits per heavy atom. The smallest absolute Gasteiger partial charge is 0.321 e. The highest BCUT2D eigenvalue weighted by atomic mass is 16.2. The van der Waals surface area contributed by atoms with Gasteiger partial charge < -0.3 is 10.6 Å². The summed E-state index contributed by atoms with van der Waals surface area (Å²) in [5.74, 6) is -0.918. The molecule has 1 aliphatic heterocycles. The average molecular weight is 405 g/mol. The zero-order valence-electron chi connectivity index (χ0n) is 17.3. The minimum Gasteiger partial charge on any atom is -0.321 e. The van der Waals surface area contributed by atoms with E-state index in [2.05, 4.69) is 15.7 Å². The molecule has 154 valence electrons. The van der Waals surface area contributed by atoms with Crippen molar-refractivity contribution < 1.29 is 14.4 Å². The number of nitrogens with one attached hydrogen (secondary N) is 2. The van der Waals surface area contributed by atoms with Crippen molar-refractivity contribution in [3.8, 4) is 0 Å². The molecule has 0 bridgehead atoms. The molecule has 1 aromatic heterocycles. The number of amides is 4. The van der Waals surface area contributed by atoms with Gasteiger partial charge in [0.1, 0.15) is 12.1 Å². The number of anilines is 1. The minimum absolute atomic E-state index is 0.376. The highest BCUT2D eigenvalue weighted by molar-refractivity contribution is 6.11. The van der Waals surface area contributed by atoms with Gasteiger partial charge in [0.05, 0.1) is 17.1 Å². The van der Waals surface area contributed by atoms with Gasteiger partial charge in [-0.25, -0.2) is 4.79 Å². The molecule has 4 rings (SSSR count). The van der Waals surface area contributed by atoms with Crippen molar-refractivity contribution in [3.05, 3.63) is 59.4 Å². The van der Waals surface area contributed by atoms with E-state index in [1.807, 2.05) is 49.4 Å². The molecule has 2 heterocycles. The van der Waals surface area contributed by atoms with E-state index in [0.29, 0.717) is 16.9 Å². The van der Waals surface area contributed by atoms with E-state index in [1.165, 1.54) is 0 Å². The second-order valence-corrected chi connectivity index (χ2v) is 7.69. The quantitative estimate of drug-likeness (QED) is 0.652. The summed E-state index contributed by atoms with van der Waals surface area (Å²) in [4.78, 5) is 39.5. The number of nitrogens with zero attached hydrogens (tertiary/aromatic N) is 3. The minimum atomic E-state index is -1.25. The first-order valence-corrected chi connectivity index (χ1v) is 9.65. The second-order valence-electron chi connectivity index (χ2n) is 7.69. The Kier molecular flexibility index (Phi) is 4.57. The molecule has 0 aliphatic carbocycles. The number of benzene rings is 2. The summed E-state index contributed by atoms with van der Waals surface area (Å²) in [5, 5.41) is 11.7. The molecular weight excluding hydrogens is 382 g/mol. The number of aryl methyl sites for hydroxylation is 2. The van der Waals surface area contributed by atoms with Crippen molar-refractivity contribution in [2.45, 2.75) is 26.3 Å². The van der Waals surface area contributed by atoms with E-state index in [4.69, 9.17) is 0 Å². The van der Waals surface area contributed by atoms with Crippen LogP contribution in [0.3, 0.4) is 0 Å². The van der Waals surface area contributed by atoms with E-state index in [1.54, 1.807) is 25.6 Å². The van der Waals surface area contributed by atoms with Gasteiger partial charge in [0.25, 0.3) is 5.91 Å². The van der Waals surface area contributed by atoms with Gasteiger partial charge in [0.15, 0.2) is 0 Å². The average Bonchev–Trinajstić information content (AvgIpc) is 3.08. The van der Waals surface area contributed by atoms with Crippen LogP contribution in [0.1, 0.15) is 23.9 Å². The fourth-order valence-electron chi connectivity index (χ4n) is 3.96. The fraction of sp³-hybridized carbons (Fsp3) is 0.273. The first-order chi connectivity index (χ1) is 14.2. The van der Waals surface area contributed by atoms with Crippen LogP contribution in [-0.2, 0) is 22.2 Å². The van der Waals surface area contributed by atoms with Gasteiger partial charge in [-0.15, -0.1) is 0 Å². The standard InChI is InChI=1S/C22H23N5O3/c1-13-19(14(2)26(4)25-13)23-18(28)12-27-20(29)22(3,24-21(27)30)17-11-7-9-15-8-5-6-10-16(15)17/h5-11H,12H2,1-4H3,(H,23,28)(H,24,30). The zero-order valence-corrected chi connectivity index (χ0v) is 17.3. The van der Waals surface area contributed by atoms with Gasteiger partial charge in [0.2, 0.25) is 5.91 Å². The number of fused-ring (bicyclic) bond motifs is 1. The van der Waals surface area contributed by atoms with Gasteiger partial charge in [-0.3, -0.25) is 19.2 Å². The summed E-state index contributed by atoms with van der Waals surface area (Å²) in [6.45, 7) is 4.91. The van der Waals surface area contributed by atoms with Crippen LogP contribution in [-0.4, -0.2) is 39.1 Å². The topological polar surface area (TPSA) is 96.3 Å². The molecule has 0 saturated carbocycles. The zero-order chi connectivity index (χ0) is 21.6. The normalized spacial score (nSPS) is 18.7. The molecule has 8 nitrogen and oxygen atoms in total. The molecule has 2 aromatic carbocycles. The highest BCUT2D eigenvalue weighted by Crippen LogP contribution is 2.33. The summed E-state index contributed by atoms with van der Waals surface area (Å²) in [6.07, 6.45) is 0. The van der Waals surface area contributed by atoms with Crippen molar-refractivity contribution >= 4 is 34.3 Å². The molecule has 8 heteroatoms. The lowest BCUT2D eigenvalue weighted by atomic mass is 9.88. The molecule has 4 amide bonds. The summed E-state index contributed by atoms with van der Waals surface area (Å²) in [6, 6.07) is 12.7. The molecule has 1 aliphatic rings. The Hall–Kier alpha value is -3.68. The first kappa shape index (κ1) is 19.6. The first-order valence-electron chi connectivity index (χ1n) is 9.65. The molecule has 1 saturated heterocycles. The van der Waals surface area contributed by atoms with Gasteiger partial charge >= 0.3 is 6.03 Å². The number of imide groups is 1. The van der Waals surface area contributed by atoms with Crippen LogP contribution in [0.25, 0.3) is 10.8 Å². The number of hydrogen-bond acceptors (Lipinski definition) is 4. The molecule has 3 aromatic rings. The maximum Gasteiger partial charge on any atom is 0.325 e. The van der Waals surface area contributed by atoms with Crippen molar-refractivity contribution in [3.63, 3.8) is 0 Å². The van der Waals surface area contributed by atoms with E-state index in [0.717, 1.165) is 21.4 Å². The van der Waals surface area contributed by atoms with E-state index < -0.39 is 23.4 Å². The van der Waals surface area contributed by atoms with Crippen molar-refractivity contribution in [2.24, 2.45) is 7.05 Å². The van der Waals surface area contributed by atoms with Crippen LogP contribution in [0.15, 0.2) is 42.5 Å². The Morgan fingerprint density at radius 2 is 1.83 bits per heavy atom. The van der Waals surface area contributed by atoms with Crippen LogP contribution in [0.2, 0.25) is 0 Å². The fourth-order valence-corrected chi connectivity index (χ4v) is 3.96. The van der Waals surface area contributed by atoms with E-state index in [-0.39, 0.29) is 6.54 Å². The Bertz CT molecular complexity index is 1190. The number of rotatable bonds is 4. The molecule has 1 fully saturated rings. The maximum absolute atomic E-state index is 13.3. The van der Waals surface area contributed by atoms with Crippen LogP contribution in [0.4, 0.5) is 10.5 Å². The van der Waals surface area contributed by atoms with Gasteiger partial charge in [0, 0.05) is 7.05 Å². The SMILES string of the molecule is Cc1nn(C)c(C)c1NC(=O)CN1C(=O)NC(C)(c2cccc3ccccc23)C1=O. The van der Waals surface area contributed by atoms with Crippen LogP contribution in [0.5, 0.6) is 0 Å². The Morgan fingerprint density at radius 3 is 2.53 bits per heavy atom. The molecule has 2 N–H and O–H groups in total. The maximum atomic E-state index is 13.3. The van der Waals surface area contributed by atoms with E-state index in [9.17, 15) is 14.4 Å². The lowest BCUT2D eigenvalue weighted by Gasteiger charge is -2.24. The third-order valence-corrected chi connectivity index (χ3v) is 5.68. The van der Waals surface area contributed by atoms with Crippen LogP contribution < -0.4 is 10.6 Å². The van der Waals surface area contributed by atoms with E-state index >= 15 is 0 Å². The molecule has 0 spiro atoms.